The van der Waals surface area contributed by atoms with Gasteiger partial charge in [-0.05, 0) is 49.2 Å². The van der Waals surface area contributed by atoms with Crippen LogP contribution in [0, 0.1) is 0 Å². The highest BCUT2D eigenvalue weighted by Crippen LogP contribution is 2.30. The first-order valence-electron chi connectivity index (χ1n) is 8.30. The summed E-state index contributed by atoms with van der Waals surface area (Å²) in [6.45, 7) is 0. The Morgan fingerprint density at radius 3 is 2.32 bits per heavy atom. The van der Waals surface area contributed by atoms with E-state index in [1.54, 1.807) is 48.5 Å². The zero-order chi connectivity index (χ0) is 17.9. The van der Waals surface area contributed by atoms with Crippen molar-refractivity contribution in [2.45, 2.75) is 35.8 Å². The molecule has 1 N–H and O–H groups in total. The van der Waals surface area contributed by atoms with Crippen molar-refractivity contribution < 1.29 is 17.9 Å². The first kappa shape index (κ1) is 17.5. The predicted octanol–water partition coefficient (Wildman–Crippen LogP) is 3.66. The molecule has 1 amide bonds. The number of methoxy groups -OCH3 is 1. The summed E-state index contributed by atoms with van der Waals surface area (Å²) in [4.78, 5) is 12.7. The molecule has 132 valence electrons. The molecule has 1 aliphatic rings. The molecule has 0 atom stereocenters. The van der Waals surface area contributed by atoms with E-state index in [9.17, 15) is 13.2 Å². The van der Waals surface area contributed by atoms with Crippen molar-refractivity contribution in [2.75, 3.05) is 12.4 Å². The molecule has 2 aromatic carbocycles. The number of amides is 1. The second-order valence-electron chi connectivity index (χ2n) is 6.13. The first-order valence-corrected chi connectivity index (χ1v) is 9.85. The minimum absolute atomic E-state index is 0.276. The van der Waals surface area contributed by atoms with E-state index < -0.39 is 9.84 Å². The van der Waals surface area contributed by atoms with Crippen LogP contribution >= 0.6 is 0 Å². The SMILES string of the molecule is COc1ccccc1C(=O)Nc1ccc(S(=O)(=O)C2CCCC2)cc1. The summed E-state index contributed by atoms with van der Waals surface area (Å²) in [7, 11) is -1.77. The molecular formula is C19H21NO4S. The number of carbonyl (C=O) groups is 1. The largest absolute Gasteiger partial charge is 0.496 e. The molecule has 0 aromatic heterocycles. The number of sulfone groups is 1. The summed E-state index contributed by atoms with van der Waals surface area (Å²) in [6.07, 6.45) is 3.40. The maximum Gasteiger partial charge on any atom is 0.259 e. The number of anilines is 1. The van der Waals surface area contributed by atoms with Crippen molar-refractivity contribution in [3.63, 3.8) is 0 Å². The fraction of sp³-hybridized carbons (Fsp3) is 0.316. The van der Waals surface area contributed by atoms with Crippen molar-refractivity contribution in [1.29, 1.82) is 0 Å². The van der Waals surface area contributed by atoms with E-state index >= 15 is 0 Å². The molecule has 1 fully saturated rings. The standard InChI is InChI=1S/C19H21NO4S/c1-24-18-9-5-4-8-17(18)19(21)20-14-10-12-16(13-11-14)25(22,23)15-6-2-3-7-15/h4-5,8-13,15H,2-3,6-7H2,1H3,(H,20,21). The monoisotopic (exact) mass is 359 g/mol. The molecule has 0 unspecified atom stereocenters. The molecule has 0 radical (unpaired) electrons. The second kappa shape index (κ2) is 7.27. The van der Waals surface area contributed by atoms with Crippen molar-refractivity contribution in [2.24, 2.45) is 0 Å². The van der Waals surface area contributed by atoms with Crippen molar-refractivity contribution >= 4 is 21.4 Å². The molecule has 2 aromatic rings. The third-order valence-corrected chi connectivity index (χ3v) is 6.81. The van der Waals surface area contributed by atoms with E-state index in [1.807, 2.05) is 0 Å². The summed E-state index contributed by atoms with van der Waals surface area (Å²) < 4.78 is 30.3. The highest BCUT2D eigenvalue weighted by atomic mass is 32.2. The van der Waals surface area contributed by atoms with Crippen LogP contribution in [0.15, 0.2) is 53.4 Å². The van der Waals surface area contributed by atoms with Crippen LogP contribution in [-0.4, -0.2) is 26.7 Å². The number of hydrogen-bond acceptors (Lipinski definition) is 4. The molecular weight excluding hydrogens is 338 g/mol. The average molecular weight is 359 g/mol. The van der Waals surface area contributed by atoms with E-state index in [4.69, 9.17) is 4.74 Å². The molecule has 5 nitrogen and oxygen atoms in total. The van der Waals surface area contributed by atoms with Gasteiger partial charge in [-0.3, -0.25) is 4.79 Å². The lowest BCUT2D eigenvalue weighted by atomic mass is 10.2. The van der Waals surface area contributed by atoms with E-state index in [-0.39, 0.29) is 11.2 Å². The Morgan fingerprint density at radius 1 is 1.04 bits per heavy atom. The van der Waals surface area contributed by atoms with Gasteiger partial charge in [0.1, 0.15) is 5.75 Å². The van der Waals surface area contributed by atoms with Crippen LogP contribution in [0.1, 0.15) is 36.0 Å². The number of hydrogen-bond donors (Lipinski definition) is 1. The van der Waals surface area contributed by atoms with E-state index in [2.05, 4.69) is 5.32 Å². The topological polar surface area (TPSA) is 72.5 Å². The van der Waals surface area contributed by atoms with Gasteiger partial charge in [-0.2, -0.15) is 0 Å². The second-order valence-corrected chi connectivity index (χ2v) is 8.36. The van der Waals surface area contributed by atoms with E-state index in [1.165, 1.54) is 7.11 Å². The molecule has 0 spiro atoms. The van der Waals surface area contributed by atoms with Crippen molar-refractivity contribution in [1.82, 2.24) is 0 Å². The van der Waals surface area contributed by atoms with Crippen molar-refractivity contribution in [3.8, 4) is 5.75 Å². The lowest BCUT2D eigenvalue weighted by Gasteiger charge is -2.12. The molecule has 6 heteroatoms. The molecule has 0 aliphatic heterocycles. The lowest BCUT2D eigenvalue weighted by Crippen LogP contribution is -2.18. The Bertz CT molecular complexity index is 853. The molecule has 0 heterocycles. The third-order valence-electron chi connectivity index (χ3n) is 4.53. The third kappa shape index (κ3) is 3.69. The van der Waals surface area contributed by atoms with Crippen LogP contribution in [0.3, 0.4) is 0 Å². The highest BCUT2D eigenvalue weighted by Gasteiger charge is 2.30. The summed E-state index contributed by atoms with van der Waals surface area (Å²) in [5.74, 6) is 0.185. The first-order chi connectivity index (χ1) is 12.0. The van der Waals surface area contributed by atoms with Gasteiger partial charge in [0, 0.05) is 5.69 Å². The maximum atomic E-state index is 12.6. The lowest BCUT2D eigenvalue weighted by molar-refractivity contribution is 0.102. The number of nitrogens with one attached hydrogen (secondary N) is 1. The van der Waals surface area contributed by atoms with Gasteiger partial charge in [0.15, 0.2) is 9.84 Å². The van der Waals surface area contributed by atoms with Gasteiger partial charge < -0.3 is 10.1 Å². The minimum atomic E-state index is -3.28. The van der Waals surface area contributed by atoms with Crippen LogP contribution in [0.5, 0.6) is 5.75 Å². The Labute approximate surface area is 147 Å². The molecule has 3 rings (SSSR count). The van der Waals surface area contributed by atoms with Crippen LogP contribution < -0.4 is 10.1 Å². The van der Waals surface area contributed by atoms with Gasteiger partial charge in [-0.1, -0.05) is 25.0 Å². The van der Waals surface area contributed by atoms with Gasteiger partial charge in [-0.15, -0.1) is 0 Å². The van der Waals surface area contributed by atoms with E-state index in [0.29, 0.717) is 21.9 Å². The van der Waals surface area contributed by atoms with Gasteiger partial charge >= 0.3 is 0 Å². The zero-order valence-electron chi connectivity index (χ0n) is 14.1. The van der Waals surface area contributed by atoms with Crippen LogP contribution in [0.25, 0.3) is 0 Å². The molecule has 0 saturated heterocycles. The molecule has 0 bridgehead atoms. The quantitative estimate of drug-likeness (QED) is 0.884. The normalized spacial score (nSPS) is 15.1. The van der Waals surface area contributed by atoms with Gasteiger partial charge in [-0.25, -0.2) is 8.42 Å². The molecule has 25 heavy (non-hydrogen) atoms. The Kier molecular flexibility index (Phi) is 5.08. The van der Waals surface area contributed by atoms with Gasteiger partial charge in [0.05, 0.1) is 22.8 Å². The Balaban J connectivity index is 1.75. The van der Waals surface area contributed by atoms with Crippen LogP contribution in [0.4, 0.5) is 5.69 Å². The van der Waals surface area contributed by atoms with Crippen LogP contribution in [-0.2, 0) is 9.84 Å². The number of para-hydroxylation sites is 1. The summed E-state index contributed by atoms with van der Waals surface area (Å²) in [5, 5.41) is 2.49. The maximum absolute atomic E-state index is 12.6. The fourth-order valence-electron chi connectivity index (χ4n) is 3.15. The zero-order valence-corrected chi connectivity index (χ0v) is 14.9. The van der Waals surface area contributed by atoms with E-state index in [0.717, 1.165) is 25.7 Å². The number of benzene rings is 2. The molecule has 1 saturated carbocycles. The smallest absolute Gasteiger partial charge is 0.259 e. The number of ether oxygens (including phenoxy) is 1. The van der Waals surface area contributed by atoms with Gasteiger partial charge in [0.2, 0.25) is 0 Å². The highest BCUT2D eigenvalue weighted by molar-refractivity contribution is 7.92. The minimum Gasteiger partial charge on any atom is -0.496 e. The summed E-state index contributed by atoms with van der Waals surface area (Å²) in [6, 6.07) is 13.3. The number of rotatable bonds is 5. The number of carbonyl (C=O) groups excluding carboxylic acids is 1. The van der Waals surface area contributed by atoms with Gasteiger partial charge in [0.25, 0.3) is 5.91 Å². The Morgan fingerprint density at radius 2 is 1.68 bits per heavy atom. The summed E-state index contributed by atoms with van der Waals surface area (Å²) in [5.41, 5.74) is 0.967. The van der Waals surface area contributed by atoms with Crippen molar-refractivity contribution in [3.05, 3.63) is 54.1 Å². The average Bonchev–Trinajstić information content (AvgIpc) is 3.17. The predicted molar refractivity (Wildman–Crippen MR) is 96.8 cm³/mol. The van der Waals surface area contributed by atoms with Crippen LogP contribution in [0.2, 0.25) is 0 Å². The fourth-order valence-corrected chi connectivity index (χ4v) is 5.00. The molecule has 1 aliphatic carbocycles. The Hall–Kier alpha value is -2.34. The summed E-state index contributed by atoms with van der Waals surface area (Å²) >= 11 is 0.